The number of hydrogen-bond donors (Lipinski definition) is 0. The zero-order chi connectivity index (χ0) is 11.4. The molecule has 0 unspecified atom stereocenters. The van der Waals surface area contributed by atoms with Gasteiger partial charge in [-0.2, -0.15) is 0 Å². The molecule has 2 aromatic rings. The summed E-state index contributed by atoms with van der Waals surface area (Å²) < 4.78 is 10.7. The third-order valence-corrected chi connectivity index (χ3v) is 2.38. The van der Waals surface area contributed by atoms with Gasteiger partial charge in [0.2, 0.25) is 5.89 Å². The highest BCUT2D eigenvalue weighted by molar-refractivity contribution is 6.17. The van der Waals surface area contributed by atoms with Gasteiger partial charge in [-0.3, -0.25) is 0 Å². The van der Waals surface area contributed by atoms with E-state index >= 15 is 0 Å². The lowest BCUT2D eigenvalue weighted by molar-refractivity contribution is 0.161. The smallest absolute Gasteiger partial charge is 0.226 e. The molecule has 0 radical (unpaired) electrons. The Kier molecular flexibility index (Phi) is 3.59. The van der Waals surface area contributed by atoms with Gasteiger partial charge < -0.3 is 9.15 Å². The summed E-state index contributed by atoms with van der Waals surface area (Å²) in [5, 5.41) is 0. The summed E-state index contributed by atoms with van der Waals surface area (Å²) in [7, 11) is 0. The second-order valence-electron chi connectivity index (χ2n) is 3.35. The van der Waals surface area contributed by atoms with Crippen molar-refractivity contribution >= 4 is 11.6 Å². The third-order valence-electron chi connectivity index (χ3n) is 2.23. The van der Waals surface area contributed by atoms with Crippen molar-refractivity contribution in [2.45, 2.75) is 13.5 Å². The summed E-state index contributed by atoms with van der Waals surface area (Å²) in [5.41, 5.74) is 1.75. The number of hydrogen-bond acceptors (Lipinski definition) is 3. The maximum Gasteiger partial charge on any atom is 0.226 e. The molecule has 1 aromatic heterocycles. The molecule has 0 aliphatic heterocycles. The Morgan fingerprint density at radius 3 is 2.75 bits per heavy atom. The molecule has 0 saturated heterocycles. The average Bonchev–Trinajstić information content (AvgIpc) is 2.69. The van der Waals surface area contributed by atoms with Gasteiger partial charge in [0.25, 0.3) is 0 Å². The Hall–Kier alpha value is -1.32. The van der Waals surface area contributed by atoms with E-state index in [4.69, 9.17) is 20.8 Å². The third kappa shape index (κ3) is 2.43. The topological polar surface area (TPSA) is 35.3 Å². The molecular formula is C12H12ClNO2. The Balaban J connectivity index is 2.24. The summed E-state index contributed by atoms with van der Waals surface area (Å²) in [5.74, 6) is 1.38. The highest BCUT2D eigenvalue weighted by atomic mass is 35.5. The van der Waals surface area contributed by atoms with Gasteiger partial charge in [-0.25, -0.2) is 4.98 Å². The highest BCUT2D eigenvalue weighted by Gasteiger charge is 2.10. The van der Waals surface area contributed by atoms with Gasteiger partial charge in [0.05, 0.1) is 6.61 Å². The normalized spacial score (nSPS) is 10.6. The second kappa shape index (κ2) is 5.14. The van der Waals surface area contributed by atoms with E-state index in [1.807, 2.05) is 37.3 Å². The van der Waals surface area contributed by atoms with Crippen LogP contribution in [0.3, 0.4) is 0 Å². The Morgan fingerprint density at radius 2 is 2.06 bits per heavy atom. The number of halogens is 1. The number of alkyl halides is 1. The second-order valence-corrected chi connectivity index (χ2v) is 3.56. The lowest BCUT2D eigenvalue weighted by atomic mass is 10.2. The molecule has 0 atom stereocenters. The first-order chi connectivity index (χ1) is 7.81. The van der Waals surface area contributed by atoms with Crippen LogP contribution < -0.4 is 0 Å². The number of rotatable bonds is 4. The lowest BCUT2D eigenvalue weighted by Crippen LogP contribution is -1.92. The van der Waals surface area contributed by atoms with E-state index in [9.17, 15) is 0 Å². The lowest BCUT2D eigenvalue weighted by Gasteiger charge is -1.94. The summed E-state index contributed by atoms with van der Waals surface area (Å²) in [6, 6.07) is 9.92. The SMILES string of the molecule is Cc1oc(-c2ccccc2)nc1COCCl. The first-order valence-corrected chi connectivity index (χ1v) is 5.50. The predicted molar refractivity (Wildman–Crippen MR) is 62.2 cm³/mol. The molecule has 4 heteroatoms. The van der Waals surface area contributed by atoms with Crippen LogP contribution in [0.2, 0.25) is 0 Å². The van der Waals surface area contributed by atoms with Crippen molar-refractivity contribution < 1.29 is 9.15 Å². The van der Waals surface area contributed by atoms with Crippen LogP contribution in [-0.2, 0) is 11.3 Å². The van der Waals surface area contributed by atoms with E-state index in [2.05, 4.69) is 4.98 Å². The summed E-state index contributed by atoms with van der Waals surface area (Å²) in [6.45, 7) is 2.25. The molecule has 84 valence electrons. The predicted octanol–water partition coefficient (Wildman–Crippen LogP) is 3.36. The van der Waals surface area contributed by atoms with Crippen molar-refractivity contribution in [3.05, 3.63) is 41.8 Å². The van der Waals surface area contributed by atoms with E-state index in [0.717, 1.165) is 17.0 Å². The number of nitrogens with zero attached hydrogens (tertiary/aromatic N) is 1. The van der Waals surface area contributed by atoms with Crippen LogP contribution in [0.15, 0.2) is 34.7 Å². The highest BCUT2D eigenvalue weighted by Crippen LogP contribution is 2.21. The number of aryl methyl sites for hydroxylation is 1. The van der Waals surface area contributed by atoms with Gasteiger partial charge in [-0.1, -0.05) is 29.8 Å². The molecule has 0 fully saturated rings. The first kappa shape index (κ1) is 11.2. The van der Waals surface area contributed by atoms with Crippen LogP contribution in [0.25, 0.3) is 11.5 Å². The van der Waals surface area contributed by atoms with Crippen molar-refractivity contribution in [2.24, 2.45) is 0 Å². The van der Waals surface area contributed by atoms with E-state index in [1.165, 1.54) is 0 Å². The van der Waals surface area contributed by atoms with Crippen LogP contribution in [0, 0.1) is 6.92 Å². The minimum absolute atomic E-state index is 0.160. The molecule has 0 aliphatic rings. The van der Waals surface area contributed by atoms with Crippen molar-refractivity contribution in [3.8, 4) is 11.5 Å². The Morgan fingerprint density at radius 1 is 1.31 bits per heavy atom. The molecule has 1 aromatic carbocycles. The van der Waals surface area contributed by atoms with Gasteiger partial charge in [0.15, 0.2) is 0 Å². The fourth-order valence-electron chi connectivity index (χ4n) is 1.40. The fraction of sp³-hybridized carbons (Fsp3) is 0.250. The molecule has 0 saturated carbocycles. The van der Waals surface area contributed by atoms with Gasteiger partial charge in [-0.15, -0.1) is 0 Å². The van der Waals surface area contributed by atoms with Crippen LogP contribution in [0.1, 0.15) is 11.5 Å². The fourth-order valence-corrected chi connectivity index (χ4v) is 1.48. The number of oxazole rings is 1. The molecule has 0 bridgehead atoms. The van der Waals surface area contributed by atoms with Gasteiger partial charge in [0, 0.05) is 5.56 Å². The van der Waals surface area contributed by atoms with E-state index in [0.29, 0.717) is 12.5 Å². The van der Waals surface area contributed by atoms with E-state index < -0.39 is 0 Å². The number of ether oxygens (including phenoxy) is 1. The van der Waals surface area contributed by atoms with Crippen molar-refractivity contribution in [1.29, 1.82) is 0 Å². The minimum atomic E-state index is 0.160. The molecule has 1 heterocycles. The summed E-state index contributed by atoms with van der Waals surface area (Å²) in [4.78, 5) is 4.37. The zero-order valence-corrected chi connectivity index (χ0v) is 9.70. The van der Waals surface area contributed by atoms with Crippen LogP contribution >= 0.6 is 11.6 Å². The van der Waals surface area contributed by atoms with Crippen molar-refractivity contribution in [2.75, 3.05) is 6.07 Å². The largest absolute Gasteiger partial charge is 0.441 e. The average molecular weight is 238 g/mol. The van der Waals surface area contributed by atoms with Gasteiger partial charge in [0.1, 0.15) is 17.5 Å². The molecular weight excluding hydrogens is 226 g/mol. The number of aromatic nitrogens is 1. The van der Waals surface area contributed by atoms with Gasteiger partial charge in [-0.05, 0) is 19.1 Å². The van der Waals surface area contributed by atoms with Crippen LogP contribution in [0.5, 0.6) is 0 Å². The molecule has 0 N–H and O–H groups in total. The zero-order valence-electron chi connectivity index (χ0n) is 8.94. The van der Waals surface area contributed by atoms with Crippen molar-refractivity contribution in [3.63, 3.8) is 0 Å². The number of benzene rings is 1. The molecule has 0 amide bonds. The molecule has 0 spiro atoms. The molecule has 16 heavy (non-hydrogen) atoms. The maximum atomic E-state index is 5.56. The molecule has 0 aliphatic carbocycles. The first-order valence-electron chi connectivity index (χ1n) is 4.96. The van der Waals surface area contributed by atoms with Crippen molar-refractivity contribution in [1.82, 2.24) is 4.98 Å². The minimum Gasteiger partial charge on any atom is -0.441 e. The molecule has 2 rings (SSSR count). The molecule has 3 nitrogen and oxygen atoms in total. The van der Waals surface area contributed by atoms with E-state index in [-0.39, 0.29) is 6.07 Å². The van der Waals surface area contributed by atoms with E-state index in [1.54, 1.807) is 0 Å². The summed E-state index contributed by atoms with van der Waals surface area (Å²) in [6.07, 6.45) is 0. The van der Waals surface area contributed by atoms with Crippen LogP contribution in [0.4, 0.5) is 0 Å². The van der Waals surface area contributed by atoms with Crippen LogP contribution in [-0.4, -0.2) is 11.1 Å². The Labute approximate surface area is 99.0 Å². The standard InChI is InChI=1S/C12H12ClNO2/c1-9-11(7-15-8-13)14-12(16-9)10-5-3-2-4-6-10/h2-6H,7-8H2,1H3. The maximum absolute atomic E-state index is 5.56. The van der Waals surface area contributed by atoms with Gasteiger partial charge >= 0.3 is 0 Å². The summed E-state index contributed by atoms with van der Waals surface area (Å²) >= 11 is 5.45. The quantitative estimate of drug-likeness (QED) is 0.765. The Bertz CT molecular complexity index is 453. The monoisotopic (exact) mass is 237 g/mol.